The van der Waals surface area contributed by atoms with Gasteiger partial charge in [-0.1, -0.05) is 6.92 Å². The van der Waals surface area contributed by atoms with E-state index in [0.717, 1.165) is 18.9 Å². The normalized spacial score (nSPS) is 18.1. The molecule has 17 heavy (non-hydrogen) atoms. The van der Waals surface area contributed by atoms with Crippen molar-refractivity contribution in [3.63, 3.8) is 0 Å². The van der Waals surface area contributed by atoms with E-state index in [1.807, 2.05) is 11.8 Å². The van der Waals surface area contributed by atoms with E-state index in [9.17, 15) is 4.79 Å². The fraction of sp³-hybridized carbons (Fsp3) is 0.923. The van der Waals surface area contributed by atoms with Crippen molar-refractivity contribution in [2.75, 3.05) is 24.6 Å². The monoisotopic (exact) mass is 258 g/mol. The van der Waals surface area contributed by atoms with Crippen molar-refractivity contribution in [2.45, 2.75) is 45.6 Å². The zero-order valence-electron chi connectivity index (χ0n) is 11.3. The standard InChI is InChI=1S/C13H26N2OS/c1-4-13(2,3)15-12(16)10-14-9-11-5-7-17-8-6-11/h11,14H,4-10H2,1-3H3,(H,15,16). The van der Waals surface area contributed by atoms with Gasteiger partial charge in [0.2, 0.25) is 5.91 Å². The Morgan fingerprint density at radius 1 is 1.35 bits per heavy atom. The summed E-state index contributed by atoms with van der Waals surface area (Å²) >= 11 is 2.04. The highest BCUT2D eigenvalue weighted by atomic mass is 32.2. The lowest BCUT2D eigenvalue weighted by Gasteiger charge is -2.25. The third-order valence-electron chi connectivity index (χ3n) is 3.42. The number of thioether (sulfide) groups is 1. The molecule has 0 spiro atoms. The van der Waals surface area contributed by atoms with Crippen LogP contribution in [0.1, 0.15) is 40.0 Å². The Morgan fingerprint density at radius 2 is 2.00 bits per heavy atom. The van der Waals surface area contributed by atoms with Crippen molar-refractivity contribution in [3.8, 4) is 0 Å². The SMILES string of the molecule is CCC(C)(C)NC(=O)CNCC1CCSCC1. The van der Waals surface area contributed by atoms with Crippen LogP contribution in [0.4, 0.5) is 0 Å². The lowest BCUT2D eigenvalue weighted by molar-refractivity contribution is -0.121. The maximum atomic E-state index is 11.7. The lowest BCUT2D eigenvalue weighted by atomic mass is 10.0. The Bertz CT molecular complexity index is 238. The van der Waals surface area contributed by atoms with Crippen molar-refractivity contribution in [3.05, 3.63) is 0 Å². The van der Waals surface area contributed by atoms with E-state index in [1.165, 1.54) is 24.3 Å². The number of nitrogens with one attached hydrogen (secondary N) is 2. The van der Waals surface area contributed by atoms with Gasteiger partial charge in [0.15, 0.2) is 0 Å². The van der Waals surface area contributed by atoms with Gasteiger partial charge in [0.1, 0.15) is 0 Å². The van der Waals surface area contributed by atoms with Gasteiger partial charge in [0.05, 0.1) is 6.54 Å². The minimum absolute atomic E-state index is 0.0831. The summed E-state index contributed by atoms with van der Waals surface area (Å²) in [4.78, 5) is 11.7. The molecule has 1 aliphatic heterocycles. The molecule has 0 aliphatic carbocycles. The van der Waals surface area contributed by atoms with E-state index in [-0.39, 0.29) is 11.4 Å². The molecule has 0 atom stereocenters. The van der Waals surface area contributed by atoms with E-state index in [0.29, 0.717) is 6.54 Å². The molecule has 1 amide bonds. The Labute approximate surface area is 109 Å². The zero-order chi connectivity index (χ0) is 12.7. The number of amides is 1. The molecule has 100 valence electrons. The lowest BCUT2D eigenvalue weighted by Crippen LogP contribution is -2.47. The van der Waals surface area contributed by atoms with Gasteiger partial charge in [0.25, 0.3) is 0 Å². The smallest absolute Gasteiger partial charge is 0.234 e. The van der Waals surface area contributed by atoms with E-state index >= 15 is 0 Å². The first kappa shape index (κ1) is 14.8. The molecule has 0 aromatic carbocycles. The van der Waals surface area contributed by atoms with Gasteiger partial charge < -0.3 is 10.6 Å². The minimum Gasteiger partial charge on any atom is -0.350 e. The van der Waals surface area contributed by atoms with Gasteiger partial charge in [-0.2, -0.15) is 11.8 Å². The van der Waals surface area contributed by atoms with Crippen LogP contribution < -0.4 is 10.6 Å². The molecule has 2 N–H and O–H groups in total. The van der Waals surface area contributed by atoms with Gasteiger partial charge in [-0.3, -0.25) is 4.79 Å². The molecule has 0 aromatic rings. The number of hydrogen-bond acceptors (Lipinski definition) is 3. The fourth-order valence-electron chi connectivity index (χ4n) is 1.85. The van der Waals surface area contributed by atoms with E-state index < -0.39 is 0 Å². The molecule has 0 unspecified atom stereocenters. The Balaban J connectivity index is 2.11. The highest BCUT2D eigenvalue weighted by Crippen LogP contribution is 2.21. The molecule has 0 bridgehead atoms. The second-order valence-electron chi connectivity index (χ2n) is 5.47. The summed E-state index contributed by atoms with van der Waals surface area (Å²) in [5, 5.41) is 6.32. The van der Waals surface area contributed by atoms with Crippen LogP contribution in [0, 0.1) is 5.92 Å². The molecular formula is C13H26N2OS. The summed E-state index contributed by atoms with van der Waals surface area (Å²) in [6, 6.07) is 0. The molecule has 0 radical (unpaired) electrons. The van der Waals surface area contributed by atoms with E-state index in [1.54, 1.807) is 0 Å². The van der Waals surface area contributed by atoms with Crippen molar-refractivity contribution >= 4 is 17.7 Å². The summed E-state index contributed by atoms with van der Waals surface area (Å²) in [6.45, 7) is 7.65. The highest BCUT2D eigenvalue weighted by molar-refractivity contribution is 7.99. The average Bonchev–Trinajstić information content (AvgIpc) is 2.30. The Morgan fingerprint density at radius 3 is 2.59 bits per heavy atom. The molecule has 1 fully saturated rings. The van der Waals surface area contributed by atoms with Crippen molar-refractivity contribution in [2.24, 2.45) is 5.92 Å². The Hall–Kier alpha value is -0.220. The van der Waals surface area contributed by atoms with Crippen molar-refractivity contribution in [1.82, 2.24) is 10.6 Å². The minimum atomic E-state index is -0.0831. The van der Waals surface area contributed by atoms with Crippen LogP contribution in [0.3, 0.4) is 0 Å². The molecule has 0 aromatic heterocycles. The third-order valence-corrected chi connectivity index (χ3v) is 4.47. The molecule has 1 heterocycles. The summed E-state index contributed by atoms with van der Waals surface area (Å²) in [5.74, 6) is 3.44. The van der Waals surface area contributed by atoms with E-state index in [2.05, 4.69) is 31.4 Å². The van der Waals surface area contributed by atoms with Gasteiger partial charge in [-0.15, -0.1) is 0 Å². The summed E-state index contributed by atoms with van der Waals surface area (Å²) < 4.78 is 0. The molecule has 1 aliphatic rings. The summed E-state index contributed by atoms with van der Waals surface area (Å²) in [6.07, 6.45) is 3.54. The van der Waals surface area contributed by atoms with Crippen LogP contribution >= 0.6 is 11.8 Å². The predicted molar refractivity (Wildman–Crippen MR) is 75.4 cm³/mol. The first-order chi connectivity index (χ1) is 8.03. The predicted octanol–water partition coefficient (Wildman–Crippen LogP) is 2.02. The second kappa shape index (κ2) is 7.27. The average molecular weight is 258 g/mol. The molecule has 0 saturated carbocycles. The van der Waals surface area contributed by atoms with Gasteiger partial charge >= 0.3 is 0 Å². The largest absolute Gasteiger partial charge is 0.350 e. The topological polar surface area (TPSA) is 41.1 Å². The number of hydrogen-bond donors (Lipinski definition) is 2. The van der Waals surface area contributed by atoms with Crippen molar-refractivity contribution in [1.29, 1.82) is 0 Å². The first-order valence-corrected chi connectivity index (χ1v) is 7.78. The van der Waals surface area contributed by atoms with Crippen LogP contribution in [-0.2, 0) is 4.79 Å². The van der Waals surface area contributed by atoms with Gasteiger partial charge in [0, 0.05) is 5.54 Å². The second-order valence-corrected chi connectivity index (χ2v) is 6.70. The third kappa shape index (κ3) is 6.32. The fourth-order valence-corrected chi connectivity index (χ4v) is 3.05. The van der Waals surface area contributed by atoms with Gasteiger partial charge in [-0.25, -0.2) is 0 Å². The maximum Gasteiger partial charge on any atom is 0.234 e. The zero-order valence-corrected chi connectivity index (χ0v) is 12.2. The Kier molecular flexibility index (Phi) is 6.34. The number of carbonyl (C=O) groups is 1. The first-order valence-electron chi connectivity index (χ1n) is 6.63. The number of rotatable bonds is 6. The van der Waals surface area contributed by atoms with Gasteiger partial charge in [-0.05, 0) is 57.1 Å². The maximum absolute atomic E-state index is 11.7. The number of carbonyl (C=O) groups excluding carboxylic acids is 1. The van der Waals surface area contributed by atoms with Crippen LogP contribution in [0.5, 0.6) is 0 Å². The van der Waals surface area contributed by atoms with Crippen molar-refractivity contribution < 1.29 is 4.79 Å². The summed E-state index contributed by atoms with van der Waals surface area (Å²) in [5.41, 5.74) is -0.0831. The van der Waals surface area contributed by atoms with Crippen LogP contribution in [0.15, 0.2) is 0 Å². The molecule has 3 nitrogen and oxygen atoms in total. The highest BCUT2D eigenvalue weighted by Gasteiger charge is 2.18. The van der Waals surface area contributed by atoms with Crippen LogP contribution in [0.25, 0.3) is 0 Å². The van der Waals surface area contributed by atoms with Crippen LogP contribution in [0.2, 0.25) is 0 Å². The quantitative estimate of drug-likeness (QED) is 0.766. The summed E-state index contributed by atoms with van der Waals surface area (Å²) in [7, 11) is 0. The molecule has 4 heteroatoms. The molecule has 1 saturated heterocycles. The molecule has 1 rings (SSSR count). The van der Waals surface area contributed by atoms with Crippen LogP contribution in [-0.4, -0.2) is 36.0 Å². The molecular weight excluding hydrogens is 232 g/mol. The van der Waals surface area contributed by atoms with E-state index in [4.69, 9.17) is 0 Å².